The molecule has 86 valence electrons. The first-order chi connectivity index (χ1) is 8.25. The Morgan fingerprint density at radius 2 is 1.94 bits per heavy atom. The van der Waals surface area contributed by atoms with Gasteiger partial charge in [0, 0.05) is 5.02 Å². The molecule has 1 aromatic carbocycles. The Hall–Kier alpha value is -1.60. The Balaban J connectivity index is 2.06. The predicted octanol–water partition coefficient (Wildman–Crippen LogP) is 4.20. The summed E-state index contributed by atoms with van der Waals surface area (Å²) in [7, 11) is 0. The maximum Gasteiger partial charge on any atom is 0.181 e. The van der Waals surface area contributed by atoms with Crippen LogP contribution in [0.1, 0.15) is 18.4 Å². The van der Waals surface area contributed by atoms with Crippen LogP contribution in [0.2, 0.25) is 5.02 Å². The van der Waals surface area contributed by atoms with Gasteiger partial charge in [-0.05, 0) is 42.2 Å². The molecule has 0 radical (unpaired) electrons. The van der Waals surface area contributed by atoms with Crippen molar-refractivity contribution in [2.24, 2.45) is 0 Å². The summed E-state index contributed by atoms with van der Waals surface area (Å²) in [6.45, 7) is 0. The highest BCUT2D eigenvalue weighted by Gasteiger charge is 2.07. The van der Waals surface area contributed by atoms with Gasteiger partial charge in [0.1, 0.15) is 0 Å². The summed E-state index contributed by atoms with van der Waals surface area (Å²) >= 11 is 5.80. The third kappa shape index (κ3) is 3.43. The van der Waals surface area contributed by atoms with Crippen LogP contribution in [0.5, 0.6) is 0 Å². The molecule has 0 N–H and O–H groups in total. The molecule has 0 aromatic heterocycles. The number of halogens is 1. The molecule has 2 rings (SSSR count). The highest BCUT2D eigenvalue weighted by molar-refractivity contribution is 6.30. The molecule has 0 bridgehead atoms. The second-order valence-corrected chi connectivity index (χ2v) is 4.34. The van der Waals surface area contributed by atoms with Crippen LogP contribution in [-0.2, 0) is 4.79 Å². The zero-order valence-corrected chi connectivity index (χ0v) is 10.2. The summed E-state index contributed by atoms with van der Waals surface area (Å²) in [4.78, 5) is 11.5. The molecule has 0 amide bonds. The van der Waals surface area contributed by atoms with E-state index in [0.29, 0.717) is 0 Å². The molecular formula is C15H13ClO. The Labute approximate surface area is 106 Å². The monoisotopic (exact) mass is 244 g/mol. The minimum Gasteiger partial charge on any atom is -0.290 e. The summed E-state index contributed by atoms with van der Waals surface area (Å²) < 4.78 is 0. The van der Waals surface area contributed by atoms with Gasteiger partial charge in [-0.25, -0.2) is 0 Å². The van der Waals surface area contributed by atoms with Crippen LogP contribution in [-0.4, -0.2) is 5.78 Å². The SMILES string of the molecule is O=C1C=CCC/C1=C\C=C\c1ccc(Cl)cc1. The fourth-order valence-electron chi connectivity index (χ4n) is 1.67. The first-order valence-electron chi connectivity index (χ1n) is 5.59. The number of rotatable bonds is 2. The van der Waals surface area contributed by atoms with E-state index in [-0.39, 0.29) is 5.78 Å². The van der Waals surface area contributed by atoms with E-state index < -0.39 is 0 Å². The molecule has 0 atom stereocenters. The highest BCUT2D eigenvalue weighted by atomic mass is 35.5. The van der Waals surface area contributed by atoms with Gasteiger partial charge in [-0.2, -0.15) is 0 Å². The van der Waals surface area contributed by atoms with Crippen molar-refractivity contribution in [2.75, 3.05) is 0 Å². The van der Waals surface area contributed by atoms with Crippen LogP contribution < -0.4 is 0 Å². The van der Waals surface area contributed by atoms with Crippen LogP contribution in [0.4, 0.5) is 0 Å². The summed E-state index contributed by atoms with van der Waals surface area (Å²) in [5.41, 5.74) is 1.95. The van der Waals surface area contributed by atoms with Crippen molar-refractivity contribution in [1.82, 2.24) is 0 Å². The fraction of sp³-hybridized carbons (Fsp3) is 0.133. The lowest BCUT2D eigenvalue weighted by molar-refractivity contribution is -0.111. The maximum atomic E-state index is 11.5. The summed E-state index contributed by atoms with van der Waals surface area (Å²) in [6, 6.07) is 7.59. The van der Waals surface area contributed by atoms with Crippen molar-refractivity contribution in [2.45, 2.75) is 12.8 Å². The van der Waals surface area contributed by atoms with Crippen molar-refractivity contribution in [3.05, 3.63) is 64.7 Å². The fourth-order valence-corrected chi connectivity index (χ4v) is 1.80. The number of carbonyl (C=O) groups is 1. The van der Waals surface area contributed by atoms with Gasteiger partial charge < -0.3 is 0 Å². The van der Waals surface area contributed by atoms with Gasteiger partial charge in [0.25, 0.3) is 0 Å². The number of hydrogen-bond donors (Lipinski definition) is 0. The molecule has 1 aliphatic rings. The number of carbonyl (C=O) groups excluding carboxylic acids is 1. The van der Waals surface area contributed by atoms with E-state index in [0.717, 1.165) is 29.0 Å². The average Bonchev–Trinajstić information content (AvgIpc) is 2.34. The molecule has 0 heterocycles. The quantitative estimate of drug-likeness (QED) is 0.713. The number of hydrogen-bond acceptors (Lipinski definition) is 1. The van der Waals surface area contributed by atoms with Gasteiger partial charge >= 0.3 is 0 Å². The van der Waals surface area contributed by atoms with E-state index in [9.17, 15) is 4.79 Å². The van der Waals surface area contributed by atoms with Crippen LogP contribution in [0, 0.1) is 0 Å². The third-order valence-electron chi connectivity index (χ3n) is 2.62. The molecule has 1 aliphatic carbocycles. The minimum atomic E-state index is 0.122. The second kappa shape index (κ2) is 5.65. The molecule has 0 unspecified atom stereocenters. The van der Waals surface area contributed by atoms with Crippen LogP contribution in [0.15, 0.2) is 54.1 Å². The van der Waals surface area contributed by atoms with Crippen molar-refractivity contribution < 1.29 is 4.79 Å². The van der Waals surface area contributed by atoms with Crippen LogP contribution in [0.3, 0.4) is 0 Å². The van der Waals surface area contributed by atoms with Crippen LogP contribution in [0.25, 0.3) is 6.08 Å². The lowest BCUT2D eigenvalue weighted by atomic mass is 9.99. The van der Waals surface area contributed by atoms with Crippen molar-refractivity contribution >= 4 is 23.5 Å². The first kappa shape index (κ1) is 11.9. The van der Waals surface area contributed by atoms with E-state index in [1.165, 1.54) is 0 Å². The van der Waals surface area contributed by atoms with Crippen molar-refractivity contribution in [3.63, 3.8) is 0 Å². The number of allylic oxidation sites excluding steroid dienone is 5. The maximum absolute atomic E-state index is 11.5. The molecule has 0 saturated heterocycles. The summed E-state index contributed by atoms with van der Waals surface area (Å²) in [5.74, 6) is 0.122. The third-order valence-corrected chi connectivity index (χ3v) is 2.87. The molecule has 2 heteroatoms. The second-order valence-electron chi connectivity index (χ2n) is 3.91. The molecule has 0 fully saturated rings. The van der Waals surface area contributed by atoms with Gasteiger partial charge in [-0.15, -0.1) is 0 Å². The zero-order valence-electron chi connectivity index (χ0n) is 9.40. The topological polar surface area (TPSA) is 17.1 Å². The van der Waals surface area contributed by atoms with E-state index >= 15 is 0 Å². The Bertz CT molecular complexity index is 492. The van der Waals surface area contributed by atoms with E-state index in [4.69, 9.17) is 11.6 Å². The van der Waals surface area contributed by atoms with Gasteiger partial charge in [0.15, 0.2) is 5.78 Å². The van der Waals surface area contributed by atoms with Crippen LogP contribution >= 0.6 is 11.6 Å². The van der Waals surface area contributed by atoms with Crippen molar-refractivity contribution in [3.8, 4) is 0 Å². The average molecular weight is 245 g/mol. The molecule has 1 nitrogen and oxygen atoms in total. The molecule has 0 aliphatic heterocycles. The highest BCUT2D eigenvalue weighted by Crippen LogP contribution is 2.15. The first-order valence-corrected chi connectivity index (χ1v) is 5.97. The largest absolute Gasteiger partial charge is 0.290 e. The summed E-state index contributed by atoms with van der Waals surface area (Å²) in [6.07, 6.45) is 11.1. The van der Waals surface area contributed by atoms with E-state index in [1.807, 2.05) is 48.6 Å². The molecule has 17 heavy (non-hydrogen) atoms. The van der Waals surface area contributed by atoms with Gasteiger partial charge in [-0.3, -0.25) is 4.79 Å². The Morgan fingerprint density at radius 3 is 2.65 bits per heavy atom. The molecule has 0 spiro atoms. The standard InChI is InChI=1S/C15H13ClO/c16-14-10-8-12(9-11-14)4-3-6-13-5-1-2-7-15(13)17/h2-4,6-11H,1,5H2/b4-3+,13-6+. The normalized spacial score (nSPS) is 18.2. The minimum absolute atomic E-state index is 0.122. The summed E-state index contributed by atoms with van der Waals surface area (Å²) in [5, 5.41) is 0.730. The van der Waals surface area contributed by atoms with Crippen molar-refractivity contribution in [1.29, 1.82) is 0 Å². The Kier molecular flexibility index (Phi) is 3.94. The number of benzene rings is 1. The lowest BCUT2D eigenvalue weighted by Gasteiger charge is -2.04. The van der Waals surface area contributed by atoms with E-state index in [2.05, 4.69) is 0 Å². The number of ketones is 1. The zero-order chi connectivity index (χ0) is 12.1. The van der Waals surface area contributed by atoms with E-state index in [1.54, 1.807) is 6.08 Å². The van der Waals surface area contributed by atoms with Gasteiger partial charge in [-0.1, -0.05) is 48.0 Å². The molecular weight excluding hydrogens is 232 g/mol. The molecule has 0 saturated carbocycles. The smallest absolute Gasteiger partial charge is 0.181 e. The lowest BCUT2D eigenvalue weighted by Crippen LogP contribution is -2.01. The predicted molar refractivity (Wildman–Crippen MR) is 72.0 cm³/mol. The van der Waals surface area contributed by atoms with Gasteiger partial charge in [0.2, 0.25) is 0 Å². The Morgan fingerprint density at radius 1 is 1.18 bits per heavy atom. The molecule has 1 aromatic rings. The van der Waals surface area contributed by atoms with Gasteiger partial charge in [0.05, 0.1) is 0 Å².